The van der Waals surface area contributed by atoms with E-state index in [1.165, 1.54) is 10.9 Å². The lowest BCUT2D eigenvalue weighted by Gasteiger charge is -2.30. The van der Waals surface area contributed by atoms with Crippen LogP contribution in [0.1, 0.15) is 34.9 Å². The summed E-state index contributed by atoms with van der Waals surface area (Å²) in [7, 11) is 0. The zero-order chi connectivity index (χ0) is 20.4. The largest absolute Gasteiger partial charge is 0.477 e. The molecule has 1 aliphatic rings. The highest BCUT2D eigenvalue weighted by Gasteiger charge is 2.26. The summed E-state index contributed by atoms with van der Waals surface area (Å²) in [5.74, 6) is 0.491. The normalized spacial score (nSPS) is 13.9. The smallest absolute Gasteiger partial charge is 0.336 e. The predicted octanol–water partition coefficient (Wildman–Crippen LogP) is 4.01. The number of fused-ring (bicyclic) bond motifs is 3. The molecule has 0 saturated carbocycles. The van der Waals surface area contributed by atoms with Crippen molar-refractivity contribution in [2.75, 3.05) is 13.3 Å². The predicted molar refractivity (Wildman–Crippen MR) is 111 cm³/mol. The molecule has 4 rings (SSSR count). The van der Waals surface area contributed by atoms with E-state index in [1.54, 1.807) is 18.3 Å². The molecular weight excluding hydrogens is 390 g/mol. The van der Waals surface area contributed by atoms with E-state index in [-0.39, 0.29) is 18.0 Å². The quantitative estimate of drug-likeness (QED) is 0.449. The lowest BCUT2D eigenvalue weighted by Crippen LogP contribution is -2.32. The first-order valence-corrected chi connectivity index (χ1v) is 10.6. The molecule has 1 aromatic carbocycles. The Balaban J connectivity index is 1.72. The number of hydrogen-bond donors (Lipinski definition) is 0. The number of carbonyl (C=O) groups excluding carboxylic acids is 1. The third kappa shape index (κ3) is 4.21. The molecule has 0 aliphatic carbocycles. The molecule has 0 saturated heterocycles. The Bertz CT molecular complexity index is 1090. The Morgan fingerprint density at radius 1 is 1.34 bits per heavy atom. The number of rotatable bonds is 6. The molecular formula is C22H23NO5S. The van der Waals surface area contributed by atoms with Crippen molar-refractivity contribution in [2.45, 2.75) is 39.8 Å². The van der Waals surface area contributed by atoms with E-state index in [2.05, 4.69) is 16.3 Å². The van der Waals surface area contributed by atoms with E-state index < -0.39 is 0 Å². The summed E-state index contributed by atoms with van der Waals surface area (Å²) in [5.41, 5.74) is 2.86. The average Bonchev–Trinajstić information content (AvgIpc) is 3.20. The van der Waals surface area contributed by atoms with Crippen LogP contribution in [0.5, 0.6) is 5.75 Å². The number of aryl methyl sites for hydroxylation is 2. The molecule has 0 atom stereocenters. The van der Waals surface area contributed by atoms with Gasteiger partial charge in [-0.05, 0) is 48.9 Å². The van der Waals surface area contributed by atoms with Gasteiger partial charge in [-0.1, -0.05) is 6.07 Å². The van der Waals surface area contributed by atoms with Crippen molar-refractivity contribution in [2.24, 2.45) is 0 Å². The van der Waals surface area contributed by atoms with Gasteiger partial charge < -0.3 is 13.9 Å². The van der Waals surface area contributed by atoms with E-state index in [9.17, 15) is 9.59 Å². The maximum absolute atomic E-state index is 12.0. The molecule has 3 heterocycles. The Morgan fingerprint density at radius 2 is 2.21 bits per heavy atom. The average molecular weight is 413 g/mol. The van der Waals surface area contributed by atoms with E-state index in [1.807, 2.05) is 19.1 Å². The molecule has 0 fully saturated rings. The molecule has 0 spiro atoms. The molecule has 29 heavy (non-hydrogen) atoms. The van der Waals surface area contributed by atoms with E-state index in [0.29, 0.717) is 31.9 Å². The monoisotopic (exact) mass is 413 g/mol. The van der Waals surface area contributed by atoms with Crippen molar-refractivity contribution in [3.63, 3.8) is 0 Å². The summed E-state index contributed by atoms with van der Waals surface area (Å²) in [6.07, 6.45) is 0.796. The second-order valence-electron chi connectivity index (χ2n) is 7.11. The summed E-state index contributed by atoms with van der Waals surface area (Å²) in [5, 5.41) is 2.93. The molecule has 3 aromatic rings. The van der Waals surface area contributed by atoms with Crippen molar-refractivity contribution >= 4 is 28.3 Å². The second-order valence-corrected chi connectivity index (χ2v) is 8.15. The fourth-order valence-electron chi connectivity index (χ4n) is 3.69. The van der Waals surface area contributed by atoms with Crippen molar-refractivity contribution in [3.05, 3.63) is 61.6 Å². The van der Waals surface area contributed by atoms with Gasteiger partial charge in [0.25, 0.3) is 0 Å². The first-order chi connectivity index (χ1) is 14.0. The highest BCUT2D eigenvalue weighted by Crippen LogP contribution is 2.37. The van der Waals surface area contributed by atoms with Crippen LogP contribution in [0.15, 0.2) is 38.9 Å². The number of benzene rings is 1. The Morgan fingerprint density at radius 3 is 2.97 bits per heavy atom. The summed E-state index contributed by atoms with van der Waals surface area (Å²) < 4.78 is 16.8. The maximum Gasteiger partial charge on any atom is 0.336 e. The third-order valence-corrected chi connectivity index (χ3v) is 5.86. The molecule has 0 N–H and O–H groups in total. The van der Waals surface area contributed by atoms with Gasteiger partial charge in [0.1, 0.15) is 18.1 Å². The van der Waals surface area contributed by atoms with Gasteiger partial charge in [0.15, 0.2) is 0 Å². The van der Waals surface area contributed by atoms with Gasteiger partial charge in [0.2, 0.25) is 0 Å². The van der Waals surface area contributed by atoms with Crippen molar-refractivity contribution < 1.29 is 18.7 Å². The minimum absolute atomic E-state index is 0.229. The fraction of sp³-hybridized carbons (Fsp3) is 0.364. The SMILES string of the molecule is CCOC(=O)CCc1cc2c(C)cc(=O)oc2c2c1OCN(Cc1cccs1)C2. The summed E-state index contributed by atoms with van der Waals surface area (Å²) in [6, 6.07) is 7.60. The molecule has 0 bridgehead atoms. The molecule has 152 valence electrons. The molecule has 6 nitrogen and oxygen atoms in total. The Kier molecular flexibility index (Phi) is 5.69. The van der Waals surface area contributed by atoms with Gasteiger partial charge in [0.05, 0.1) is 12.2 Å². The Labute approximate surface area is 172 Å². The Hall–Kier alpha value is -2.64. The van der Waals surface area contributed by atoms with Crippen LogP contribution in [-0.2, 0) is 29.0 Å². The number of carbonyl (C=O) groups is 1. The molecule has 0 radical (unpaired) electrons. The summed E-state index contributed by atoms with van der Waals surface area (Å²) in [4.78, 5) is 27.3. The fourth-order valence-corrected chi connectivity index (χ4v) is 4.43. The van der Waals surface area contributed by atoms with Crippen molar-refractivity contribution in [3.8, 4) is 5.75 Å². The molecule has 1 aliphatic heterocycles. The highest BCUT2D eigenvalue weighted by atomic mass is 32.1. The minimum atomic E-state index is -0.369. The van der Waals surface area contributed by atoms with Crippen LogP contribution in [-0.4, -0.2) is 24.2 Å². The number of hydrogen-bond acceptors (Lipinski definition) is 7. The topological polar surface area (TPSA) is 69.0 Å². The van der Waals surface area contributed by atoms with E-state index in [4.69, 9.17) is 13.9 Å². The number of thiophene rings is 1. The first-order valence-electron chi connectivity index (χ1n) is 9.67. The number of ether oxygens (including phenoxy) is 2. The maximum atomic E-state index is 12.0. The van der Waals surface area contributed by atoms with Crippen molar-refractivity contribution in [1.82, 2.24) is 4.90 Å². The molecule has 0 amide bonds. The van der Waals surface area contributed by atoms with Crippen LogP contribution in [0.25, 0.3) is 11.0 Å². The zero-order valence-corrected chi connectivity index (χ0v) is 17.3. The molecule has 2 aromatic heterocycles. The van der Waals surface area contributed by atoms with Gasteiger partial charge in [0, 0.05) is 35.8 Å². The van der Waals surface area contributed by atoms with Crippen LogP contribution >= 0.6 is 11.3 Å². The first kappa shape index (κ1) is 19.7. The van der Waals surface area contributed by atoms with Crippen molar-refractivity contribution in [1.29, 1.82) is 0 Å². The zero-order valence-electron chi connectivity index (χ0n) is 16.5. The van der Waals surface area contributed by atoms with Crippen LogP contribution in [0.4, 0.5) is 0 Å². The lowest BCUT2D eigenvalue weighted by atomic mass is 9.97. The number of esters is 1. The van der Waals surface area contributed by atoms with Gasteiger partial charge in [-0.15, -0.1) is 11.3 Å². The lowest BCUT2D eigenvalue weighted by molar-refractivity contribution is -0.143. The summed E-state index contributed by atoms with van der Waals surface area (Å²) in [6.45, 7) is 5.89. The van der Waals surface area contributed by atoms with Gasteiger partial charge >= 0.3 is 11.6 Å². The van der Waals surface area contributed by atoms with E-state index >= 15 is 0 Å². The second kappa shape index (κ2) is 8.39. The number of nitrogens with zero attached hydrogens (tertiary/aromatic N) is 1. The van der Waals surface area contributed by atoms with Gasteiger partial charge in [-0.2, -0.15) is 0 Å². The van der Waals surface area contributed by atoms with Crippen LogP contribution < -0.4 is 10.4 Å². The standard InChI is InChI=1S/C22H23NO5S/c1-3-26-19(24)7-6-15-10-17-14(2)9-20(25)28-22(17)18-12-23(13-27-21(15)18)11-16-5-4-8-29-16/h4-5,8-10H,3,6-7,11-13H2,1-2H3. The van der Waals surface area contributed by atoms with Gasteiger partial charge in [-0.25, -0.2) is 4.79 Å². The van der Waals surface area contributed by atoms with Gasteiger partial charge in [-0.3, -0.25) is 9.69 Å². The molecule has 7 heteroatoms. The summed E-state index contributed by atoms with van der Waals surface area (Å²) >= 11 is 1.70. The van der Waals surface area contributed by atoms with Crippen LogP contribution in [0.2, 0.25) is 0 Å². The van der Waals surface area contributed by atoms with Crippen LogP contribution in [0, 0.1) is 6.92 Å². The molecule has 0 unspecified atom stereocenters. The van der Waals surface area contributed by atoms with E-state index in [0.717, 1.165) is 34.4 Å². The minimum Gasteiger partial charge on any atom is -0.477 e. The third-order valence-electron chi connectivity index (χ3n) is 5.00. The van der Waals surface area contributed by atoms with Crippen LogP contribution in [0.3, 0.4) is 0 Å². The highest BCUT2D eigenvalue weighted by molar-refractivity contribution is 7.09.